The second-order valence-electron chi connectivity index (χ2n) is 3.24. The summed E-state index contributed by atoms with van der Waals surface area (Å²) in [5.74, 6) is 1.32. The summed E-state index contributed by atoms with van der Waals surface area (Å²) in [6, 6.07) is 0. The highest BCUT2D eigenvalue weighted by Gasteiger charge is 2.11. The third kappa shape index (κ3) is 5.22. The Morgan fingerprint density at radius 3 is 2.09 bits per heavy atom. The first kappa shape index (κ1) is 10.9. The van der Waals surface area contributed by atoms with Crippen LogP contribution in [0.15, 0.2) is 0 Å². The number of hydrogen-bond acceptors (Lipinski definition) is 2. The summed E-state index contributed by atoms with van der Waals surface area (Å²) in [6.07, 6.45) is 1.10. The fourth-order valence-electron chi connectivity index (χ4n) is 1.09. The van der Waals surface area contributed by atoms with Gasteiger partial charge in [-0.15, -0.1) is 0 Å². The van der Waals surface area contributed by atoms with Crippen molar-refractivity contribution in [2.24, 2.45) is 11.8 Å². The van der Waals surface area contributed by atoms with Crippen molar-refractivity contribution in [2.75, 3.05) is 27.4 Å². The molecule has 0 fully saturated rings. The highest BCUT2D eigenvalue weighted by atomic mass is 16.5. The van der Waals surface area contributed by atoms with Crippen LogP contribution in [0.3, 0.4) is 0 Å². The smallest absolute Gasteiger partial charge is 0.0493 e. The number of ether oxygens (including phenoxy) is 2. The normalized spacial score (nSPS) is 13.9. The van der Waals surface area contributed by atoms with Gasteiger partial charge >= 0.3 is 0 Å². The molecule has 2 nitrogen and oxygen atoms in total. The van der Waals surface area contributed by atoms with Gasteiger partial charge in [0.05, 0.1) is 0 Å². The van der Waals surface area contributed by atoms with Crippen LogP contribution in [-0.4, -0.2) is 27.4 Å². The van der Waals surface area contributed by atoms with Crippen LogP contribution >= 0.6 is 0 Å². The Labute approximate surface area is 69.9 Å². The summed E-state index contributed by atoms with van der Waals surface area (Å²) >= 11 is 0. The first-order valence-corrected chi connectivity index (χ1v) is 4.20. The lowest BCUT2D eigenvalue weighted by Gasteiger charge is -2.18. The van der Waals surface area contributed by atoms with E-state index < -0.39 is 0 Å². The van der Waals surface area contributed by atoms with E-state index >= 15 is 0 Å². The summed E-state index contributed by atoms with van der Waals surface area (Å²) in [5, 5.41) is 0. The molecule has 0 radical (unpaired) electrons. The van der Waals surface area contributed by atoms with E-state index in [1.54, 1.807) is 14.2 Å². The lowest BCUT2D eigenvalue weighted by atomic mass is 9.94. The van der Waals surface area contributed by atoms with Crippen LogP contribution in [-0.2, 0) is 9.47 Å². The van der Waals surface area contributed by atoms with E-state index in [4.69, 9.17) is 9.47 Å². The molecule has 0 aromatic heterocycles. The minimum Gasteiger partial charge on any atom is -0.385 e. The van der Waals surface area contributed by atoms with Crippen LogP contribution in [0.5, 0.6) is 0 Å². The van der Waals surface area contributed by atoms with Crippen molar-refractivity contribution in [3.63, 3.8) is 0 Å². The SMILES string of the molecule is COCCC(COC)C(C)C. The fourth-order valence-corrected chi connectivity index (χ4v) is 1.09. The Balaban J connectivity index is 3.51. The number of rotatable bonds is 6. The summed E-state index contributed by atoms with van der Waals surface area (Å²) < 4.78 is 10.1. The van der Waals surface area contributed by atoms with Gasteiger partial charge in [0.15, 0.2) is 0 Å². The van der Waals surface area contributed by atoms with Gasteiger partial charge in [-0.3, -0.25) is 0 Å². The first-order chi connectivity index (χ1) is 5.22. The highest BCUT2D eigenvalue weighted by Crippen LogP contribution is 2.14. The molecule has 0 rings (SSSR count). The maximum atomic E-state index is 5.11. The van der Waals surface area contributed by atoms with E-state index in [0.29, 0.717) is 11.8 Å². The van der Waals surface area contributed by atoms with Gasteiger partial charge in [0, 0.05) is 27.4 Å². The molecule has 1 atom stereocenters. The second kappa shape index (κ2) is 6.62. The lowest BCUT2D eigenvalue weighted by molar-refractivity contribution is 0.0966. The van der Waals surface area contributed by atoms with Gasteiger partial charge in [-0.2, -0.15) is 0 Å². The van der Waals surface area contributed by atoms with Gasteiger partial charge in [-0.1, -0.05) is 13.8 Å². The minimum atomic E-state index is 0.639. The predicted octanol–water partition coefficient (Wildman–Crippen LogP) is 1.94. The highest BCUT2D eigenvalue weighted by molar-refractivity contribution is 4.61. The second-order valence-corrected chi connectivity index (χ2v) is 3.24. The van der Waals surface area contributed by atoms with Crippen molar-refractivity contribution >= 4 is 0 Å². The van der Waals surface area contributed by atoms with Crippen LogP contribution in [0.25, 0.3) is 0 Å². The van der Waals surface area contributed by atoms with E-state index in [1.807, 2.05) is 0 Å². The summed E-state index contributed by atoms with van der Waals surface area (Å²) in [5.41, 5.74) is 0. The Bertz CT molecular complexity index is 81.6. The molecule has 0 N–H and O–H groups in total. The lowest BCUT2D eigenvalue weighted by Crippen LogP contribution is -2.16. The molecule has 0 aliphatic rings. The topological polar surface area (TPSA) is 18.5 Å². The van der Waals surface area contributed by atoms with Crippen molar-refractivity contribution in [2.45, 2.75) is 20.3 Å². The number of methoxy groups -OCH3 is 2. The Kier molecular flexibility index (Phi) is 6.57. The van der Waals surface area contributed by atoms with E-state index in [1.165, 1.54) is 0 Å². The minimum absolute atomic E-state index is 0.639. The number of hydrogen-bond donors (Lipinski definition) is 0. The summed E-state index contributed by atoms with van der Waals surface area (Å²) in [7, 11) is 3.49. The maximum Gasteiger partial charge on any atom is 0.0493 e. The van der Waals surface area contributed by atoms with Gasteiger partial charge in [0.25, 0.3) is 0 Å². The van der Waals surface area contributed by atoms with Crippen LogP contribution < -0.4 is 0 Å². The monoisotopic (exact) mass is 160 g/mol. The molecular weight excluding hydrogens is 140 g/mol. The van der Waals surface area contributed by atoms with Gasteiger partial charge in [-0.25, -0.2) is 0 Å². The average Bonchev–Trinajstić information content (AvgIpc) is 1.97. The maximum absolute atomic E-state index is 5.11. The molecule has 0 aromatic carbocycles. The van der Waals surface area contributed by atoms with Crippen LogP contribution in [0.4, 0.5) is 0 Å². The quantitative estimate of drug-likeness (QED) is 0.591. The molecule has 0 aromatic rings. The predicted molar refractivity (Wildman–Crippen MR) is 46.7 cm³/mol. The molecule has 0 bridgehead atoms. The third-order valence-electron chi connectivity index (χ3n) is 2.02. The molecule has 1 unspecified atom stereocenters. The van der Waals surface area contributed by atoms with Crippen LogP contribution in [0.2, 0.25) is 0 Å². The van der Waals surface area contributed by atoms with Crippen molar-refractivity contribution < 1.29 is 9.47 Å². The van der Waals surface area contributed by atoms with Crippen molar-refractivity contribution in [1.82, 2.24) is 0 Å². The van der Waals surface area contributed by atoms with Crippen molar-refractivity contribution in [1.29, 1.82) is 0 Å². The van der Waals surface area contributed by atoms with E-state index in [-0.39, 0.29) is 0 Å². The van der Waals surface area contributed by atoms with Gasteiger partial charge < -0.3 is 9.47 Å². The largest absolute Gasteiger partial charge is 0.385 e. The summed E-state index contributed by atoms with van der Waals surface area (Å²) in [6.45, 7) is 6.13. The molecule has 0 heterocycles. The third-order valence-corrected chi connectivity index (χ3v) is 2.02. The van der Waals surface area contributed by atoms with Crippen LogP contribution in [0.1, 0.15) is 20.3 Å². The van der Waals surface area contributed by atoms with Gasteiger partial charge in [0.1, 0.15) is 0 Å². The molecule has 2 heteroatoms. The Morgan fingerprint density at radius 1 is 1.09 bits per heavy atom. The molecule has 68 valence electrons. The van der Waals surface area contributed by atoms with E-state index in [0.717, 1.165) is 19.6 Å². The fraction of sp³-hybridized carbons (Fsp3) is 1.00. The molecule has 0 aliphatic carbocycles. The van der Waals surface area contributed by atoms with Crippen molar-refractivity contribution in [3.05, 3.63) is 0 Å². The molecular formula is C9H20O2. The van der Waals surface area contributed by atoms with Crippen molar-refractivity contribution in [3.8, 4) is 0 Å². The molecule has 11 heavy (non-hydrogen) atoms. The summed E-state index contributed by atoms with van der Waals surface area (Å²) in [4.78, 5) is 0. The standard InChI is InChI=1S/C9H20O2/c1-8(2)9(7-11-4)5-6-10-3/h8-9H,5-7H2,1-4H3. The van der Waals surface area contributed by atoms with E-state index in [2.05, 4.69) is 13.8 Å². The molecule has 0 aliphatic heterocycles. The van der Waals surface area contributed by atoms with Crippen LogP contribution in [0, 0.1) is 11.8 Å². The van der Waals surface area contributed by atoms with Gasteiger partial charge in [0.2, 0.25) is 0 Å². The molecule has 0 saturated heterocycles. The molecule has 0 saturated carbocycles. The zero-order valence-corrected chi connectivity index (χ0v) is 8.09. The van der Waals surface area contributed by atoms with E-state index in [9.17, 15) is 0 Å². The zero-order chi connectivity index (χ0) is 8.69. The molecule has 0 spiro atoms. The Morgan fingerprint density at radius 2 is 1.73 bits per heavy atom. The van der Waals surface area contributed by atoms with Gasteiger partial charge in [-0.05, 0) is 18.3 Å². The molecule has 0 amide bonds. The first-order valence-electron chi connectivity index (χ1n) is 4.20. The Hall–Kier alpha value is -0.0800. The zero-order valence-electron chi connectivity index (χ0n) is 8.09. The average molecular weight is 160 g/mol.